The fraction of sp³-hybridized carbons (Fsp3) is 0.357. The van der Waals surface area contributed by atoms with E-state index < -0.39 is 0 Å². The molecule has 3 nitrogen and oxygen atoms in total. The number of thiophene rings is 1. The molecule has 0 aromatic carbocycles. The van der Waals surface area contributed by atoms with Crippen LogP contribution in [0.1, 0.15) is 35.3 Å². The third-order valence-electron chi connectivity index (χ3n) is 3.46. The van der Waals surface area contributed by atoms with Crippen molar-refractivity contribution in [1.82, 2.24) is 4.57 Å². The second-order valence-electron chi connectivity index (χ2n) is 4.64. The molecule has 0 aliphatic heterocycles. The standard InChI is InChI=1S/C14H17N3S/c1-9(6-12-4-5-18-8-12)17-11(3)10(2)13(7-15)14(17)16/h4-5,8-9H,6,16H2,1-3H3. The van der Waals surface area contributed by atoms with Crippen LogP contribution in [0.3, 0.4) is 0 Å². The van der Waals surface area contributed by atoms with Crippen molar-refractivity contribution in [2.75, 3.05) is 5.73 Å². The average Bonchev–Trinajstić information content (AvgIpc) is 2.88. The Bertz CT molecular complexity index is 588. The number of nitrogen functional groups attached to an aromatic ring is 1. The van der Waals surface area contributed by atoms with E-state index in [1.807, 2.05) is 13.8 Å². The van der Waals surface area contributed by atoms with Crippen LogP contribution in [-0.2, 0) is 6.42 Å². The summed E-state index contributed by atoms with van der Waals surface area (Å²) in [6.07, 6.45) is 0.938. The molecule has 0 spiro atoms. The zero-order valence-corrected chi connectivity index (χ0v) is 11.7. The minimum atomic E-state index is 0.264. The van der Waals surface area contributed by atoms with Crippen molar-refractivity contribution in [1.29, 1.82) is 5.26 Å². The largest absolute Gasteiger partial charge is 0.384 e. The van der Waals surface area contributed by atoms with Crippen molar-refractivity contribution in [2.24, 2.45) is 0 Å². The Morgan fingerprint density at radius 2 is 2.22 bits per heavy atom. The fourth-order valence-corrected chi connectivity index (χ4v) is 3.09. The van der Waals surface area contributed by atoms with E-state index in [4.69, 9.17) is 11.0 Å². The molecule has 0 saturated carbocycles. The fourth-order valence-electron chi connectivity index (χ4n) is 2.41. The van der Waals surface area contributed by atoms with Crippen LogP contribution < -0.4 is 5.73 Å². The zero-order valence-electron chi connectivity index (χ0n) is 10.9. The van der Waals surface area contributed by atoms with Gasteiger partial charge in [-0.05, 0) is 55.1 Å². The van der Waals surface area contributed by atoms with Crippen LogP contribution in [0.2, 0.25) is 0 Å². The van der Waals surface area contributed by atoms with Gasteiger partial charge in [0.25, 0.3) is 0 Å². The molecule has 4 heteroatoms. The van der Waals surface area contributed by atoms with Gasteiger partial charge < -0.3 is 10.3 Å². The van der Waals surface area contributed by atoms with Crippen molar-refractivity contribution >= 4 is 17.2 Å². The molecule has 94 valence electrons. The molecule has 2 rings (SSSR count). The van der Waals surface area contributed by atoms with Crippen molar-refractivity contribution in [3.05, 3.63) is 39.2 Å². The highest BCUT2D eigenvalue weighted by atomic mass is 32.1. The molecular weight excluding hydrogens is 242 g/mol. The van der Waals surface area contributed by atoms with Gasteiger partial charge in [-0.1, -0.05) is 0 Å². The van der Waals surface area contributed by atoms with Crippen LogP contribution in [0.15, 0.2) is 16.8 Å². The van der Waals surface area contributed by atoms with E-state index in [0.29, 0.717) is 11.4 Å². The third kappa shape index (κ3) is 2.02. The van der Waals surface area contributed by atoms with Gasteiger partial charge in [-0.25, -0.2) is 0 Å². The summed E-state index contributed by atoms with van der Waals surface area (Å²) in [6, 6.07) is 4.59. The number of hydrogen-bond acceptors (Lipinski definition) is 3. The highest BCUT2D eigenvalue weighted by Gasteiger charge is 2.19. The molecule has 0 fully saturated rings. The van der Waals surface area contributed by atoms with Crippen LogP contribution in [0.4, 0.5) is 5.82 Å². The van der Waals surface area contributed by atoms with E-state index in [1.165, 1.54) is 5.56 Å². The van der Waals surface area contributed by atoms with Gasteiger partial charge >= 0.3 is 0 Å². The summed E-state index contributed by atoms with van der Waals surface area (Å²) >= 11 is 1.71. The normalized spacial score (nSPS) is 12.3. The Morgan fingerprint density at radius 1 is 1.50 bits per heavy atom. The lowest BCUT2D eigenvalue weighted by atomic mass is 10.1. The lowest BCUT2D eigenvalue weighted by molar-refractivity contribution is 0.542. The lowest BCUT2D eigenvalue weighted by Crippen LogP contribution is -2.12. The van der Waals surface area contributed by atoms with Crippen LogP contribution in [0.25, 0.3) is 0 Å². The first-order valence-corrected chi connectivity index (χ1v) is 6.88. The van der Waals surface area contributed by atoms with Gasteiger partial charge in [0.1, 0.15) is 11.9 Å². The molecule has 2 aromatic heterocycles. The van der Waals surface area contributed by atoms with Crippen molar-refractivity contribution in [3.63, 3.8) is 0 Å². The maximum Gasteiger partial charge on any atom is 0.122 e. The van der Waals surface area contributed by atoms with Crippen LogP contribution in [0.5, 0.6) is 0 Å². The summed E-state index contributed by atoms with van der Waals surface area (Å²) in [5, 5.41) is 13.4. The number of nitriles is 1. The third-order valence-corrected chi connectivity index (χ3v) is 4.19. The topological polar surface area (TPSA) is 54.7 Å². The number of hydrogen-bond donors (Lipinski definition) is 1. The molecule has 2 heterocycles. The van der Waals surface area contributed by atoms with Gasteiger partial charge in [-0.15, -0.1) is 0 Å². The molecule has 0 aliphatic carbocycles. The predicted molar refractivity (Wildman–Crippen MR) is 75.8 cm³/mol. The van der Waals surface area contributed by atoms with Gasteiger partial charge in [0.2, 0.25) is 0 Å². The van der Waals surface area contributed by atoms with Crippen LogP contribution in [0, 0.1) is 25.2 Å². The van der Waals surface area contributed by atoms with Crippen LogP contribution >= 0.6 is 11.3 Å². The number of anilines is 1. The highest BCUT2D eigenvalue weighted by Crippen LogP contribution is 2.29. The SMILES string of the molecule is Cc1c(C#N)c(N)n(C(C)Cc2ccsc2)c1C. The molecule has 1 atom stereocenters. The second-order valence-corrected chi connectivity index (χ2v) is 5.42. The molecule has 0 radical (unpaired) electrons. The van der Waals surface area contributed by atoms with Crippen molar-refractivity contribution in [2.45, 2.75) is 33.2 Å². The van der Waals surface area contributed by atoms with Gasteiger partial charge in [0.05, 0.1) is 5.56 Å². The molecule has 0 amide bonds. The summed E-state index contributed by atoms with van der Waals surface area (Å²) in [6.45, 7) is 6.12. The smallest absolute Gasteiger partial charge is 0.122 e. The van der Waals surface area contributed by atoms with Gasteiger partial charge in [0.15, 0.2) is 0 Å². The first kappa shape index (κ1) is 12.7. The quantitative estimate of drug-likeness (QED) is 0.918. The van der Waals surface area contributed by atoms with Crippen molar-refractivity contribution < 1.29 is 0 Å². The van der Waals surface area contributed by atoms with E-state index in [1.54, 1.807) is 11.3 Å². The number of nitrogens with two attached hydrogens (primary N) is 1. The van der Waals surface area contributed by atoms with Gasteiger partial charge in [-0.3, -0.25) is 0 Å². The Morgan fingerprint density at radius 3 is 2.72 bits per heavy atom. The monoisotopic (exact) mass is 259 g/mol. The predicted octanol–water partition coefficient (Wildman–Crippen LogP) is 3.42. The zero-order chi connectivity index (χ0) is 13.3. The first-order valence-electron chi connectivity index (χ1n) is 5.94. The molecule has 0 aliphatic rings. The Labute approximate surface area is 111 Å². The number of aromatic nitrogens is 1. The van der Waals surface area contributed by atoms with Crippen molar-refractivity contribution in [3.8, 4) is 6.07 Å². The summed E-state index contributed by atoms with van der Waals surface area (Å²) in [4.78, 5) is 0. The lowest BCUT2D eigenvalue weighted by Gasteiger charge is -2.17. The van der Waals surface area contributed by atoms with E-state index in [2.05, 4.69) is 34.4 Å². The molecule has 18 heavy (non-hydrogen) atoms. The molecule has 0 saturated heterocycles. The molecular formula is C14H17N3S. The van der Waals surface area contributed by atoms with E-state index in [9.17, 15) is 0 Å². The first-order chi connectivity index (χ1) is 8.56. The molecule has 2 N–H and O–H groups in total. The van der Waals surface area contributed by atoms with Gasteiger partial charge in [-0.2, -0.15) is 16.6 Å². The maximum atomic E-state index is 9.13. The summed E-state index contributed by atoms with van der Waals surface area (Å²) in [7, 11) is 0. The van der Waals surface area contributed by atoms with Gasteiger partial charge in [0, 0.05) is 11.7 Å². The summed E-state index contributed by atoms with van der Waals surface area (Å²) in [5.41, 5.74) is 10.1. The minimum absolute atomic E-state index is 0.264. The Kier molecular flexibility index (Phi) is 3.44. The number of rotatable bonds is 3. The number of nitrogens with zero attached hydrogens (tertiary/aromatic N) is 2. The summed E-state index contributed by atoms with van der Waals surface area (Å²) in [5.74, 6) is 0.593. The average molecular weight is 259 g/mol. The summed E-state index contributed by atoms with van der Waals surface area (Å²) < 4.78 is 2.07. The highest BCUT2D eigenvalue weighted by molar-refractivity contribution is 7.07. The van der Waals surface area contributed by atoms with E-state index in [0.717, 1.165) is 17.7 Å². The maximum absolute atomic E-state index is 9.13. The van der Waals surface area contributed by atoms with E-state index in [-0.39, 0.29) is 6.04 Å². The minimum Gasteiger partial charge on any atom is -0.384 e. The Hall–Kier alpha value is -1.73. The molecule has 1 unspecified atom stereocenters. The molecule has 2 aromatic rings. The second kappa shape index (κ2) is 4.87. The molecule has 0 bridgehead atoms. The Balaban J connectivity index is 2.37. The van der Waals surface area contributed by atoms with E-state index >= 15 is 0 Å². The van der Waals surface area contributed by atoms with Crippen LogP contribution in [-0.4, -0.2) is 4.57 Å².